The molecule has 4 aromatic rings. The van der Waals surface area contributed by atoms with Crippen LogP contribution in [0.3, 0.4) is 0 Å². The maximum absolute atomic E-state index is 13.5. The summed E-state index contributed by atoms with van der Waals surface area (Å²) >= 11 is 6.12. The Labute approximate surface area is 184 Å². The van der Waals surface area contributed by atoms with Crippen LogP contribution in [0.2, 0.25) is 5.02 Å². The minimum atomic E-state index is -0.305. The van der Waals surface area contributed by atoms with Crippen LogP contribution in [0.4, 0.5) is 0 Å². The number of hydrogen-bond donors (Lipinski definition) is 0. The molecule has 152 valence electrons. The van der Waals surface area contributed by atoms with E-state index in [0.717, 1.165) is 22.2 Å². The molecule has 0 saturated heterocycles. The maximum Gasteiger partial charge on any atom is 0.262 e. The largest absolute Gasteiger partial charge is 0.488 e. The van der Waals surface area contributed by atoms with Crippen LogP contribution in [0, 0.1) is 5.92 Å². The fourth-order valence-corrected chi connectivity index (χ4v) is 5.15. The van der Waals surface area contributed by atoms with Crippen molar-refractivity contribution in [2.45, 2.75) is 18.9 Å². The Bertz CT molecular complexity index is 1370. The SMILES string of the molecule is O=C1c2cc(Cl)ccc2O[C@@H]2Cc3c(c4ccccc4n3C(=O)c3ccccc3)C[C@H]12. The third-order valence-electron chi connectivity index (χ3n) is 6.40. The van der Waals surface area contributed by atoms with Crippen molar-refractivity contribution in [1.29, 1.82) is 0 Å². The second kappa shape index (κ2) is 6.82. The minimum Gasteiger partial charge on any atom is -0.488 e. The summed E-state index contributed by atoms with van der Waals surface area (Å²) in [5.74, 6) is 0.275. The lowest BCUT2D eigenvalue weighted by molar-refractivity contribution is 0.0629. The minimum absolute atomic E-state index is 0.0608. The molecule has 6 rings (SSSR count). The van der Waals surface area contributed by atoms with Crippen molar-refractivity contribution in [1.82, 2.24) is 4.57 Å². The van der Waals surface area contributed by atoms with Crippen LogP contribution in [0.5, 0.6) is 5.75 Å². The average Bonchev–Trinajstić information content (AvgIpc) is 3.12. The summed E-state index contributed by atoms with van der Waals surface area (Å²) in [6.07, 6.45) is 0.738. The Morgan fingerprint density at radius 2 is 1.74 bits per heavy atom. The standard InChI is InChI=1S/C26H18ClNO3/c27-16-10-11-23-19(12-16)25(29)20-13-18-17-8-4-5-9-21(17)28(22(18)14-24(20)31-23)26(30)15-6-2-1-3-7-15/h1-12,20,24H,13-14H2/t20-,24+/m0/s1. The quantitative estimate of drug-likeness (QED) is 0.412. The summed E-state index contributed by atoms with van der Waals surface area (Å²) in [7, 11) is 0. The number of carbonyl (C=O) groups excluding carboxylic acids is 2. The van der Waals surface area contributed by atoms with Crippen molar-refractivity contribution in [3.8, 4) is 5.75 Å². The number of Topliss-reactive ketones (excluding diaryl/α,β-unsaturated/α-hetero) is 1. The smallest absolute Gasteiger partial charge is 0.262 e. The van der Waals surface area contributed by atoms with E-state index in [4.69, 9.17) is 16.3 Å². The molecule has 2 atom stereocenters. The first-order chi connectivity index (χ1) is 15.1. The van der Waals surface area contributed by atoms with Crippen molar-refractivity contribution in [2.75, 3.05) is 0 Å². The van der Waals surface area contributed by atoms with Crippen LogP contribution in [-0.4, -0.2) is 22.4 Å². The van der Waals surface area contributed by atoms with Gasteiger partial charge in [0.25, 0.3) is 5.91 Å². The number of nitrogens with zero attached hydrogens (tertiary/aromatic N) is 1. The molecule has 0 bridgehead atoms. The molecule has 0 radical (unpaired) electrons. The monoisotopic (exact) mass is 427 g/mol. The lowest BCUT2D eigenvalue weighted by Crippen LogP contribution is -2.43. The number of para-hydroxylation sites is 1. The highest BCUT2D eigenvalue weighted by atomic mass is 35.5. The highest BCUT2D eigenvalue weighted by Crippen LogP contribution is 2.41. The van der Waals surface area contributed by atoms with Gasteiger partial charge in [-0.1, -0.05) is 48.0 Å². The molecule has 0 unspecified atom stereocenters. The molecule has 0 N–H and O–H groups in total. The predicted molar refractivity (Wildman–Crippen MR) is 119 cm³/mol. The van der Waals surface area contributed by atoms with Crippen molar-refractivity contribution < 1.29 is 14.3 Å². The van der Waals surface area contributed by atoms with Gasteiger partial charge in [0, 0.05) is 28.1 Å². The Balaban J connectivity index is 1.50. The number of ether oxygens (including phenoxy) is 1. The molecular formula is C26H18ClNO3. The molecule has 1 aromatic heterocycles. The van der Waals surface area contributed by atoms with E-state index in [1.807, 2.05) is 54.6 Å². The number of halogens is 1. The van der Waals surface area contributed by atoms with Gasteiger partial charge < -0.3 is 4.74 Å². The van der Waals surface area contributed by atoms with Crippen LogP contribution in [0.1, 0.15) is 32.0 Å². The molecule has 31 heavy (non-hydrogen) atoms. The second-order valence-corrected chi connectivity index (χ2v) is 8.56. The van der Waals surface area contributed by atoms with Gasteiger partial charge in [-0.25, -0.2) is 0 Å². The van der Waals surface area contributed by atoms with Gasteiger partial charge in [0.05, 0.1) is 17.0 Å². The number of carbonyl (C=O) groups is 2. The fourth-order valence-electron chi connectivity index (χ4n) is 4.97. The molecule has 0 saturated carbocycles. The van der Waals surface area contributed by atoms with Crippen LogP contribution in [0.25, 0.3) is 10.9 Å². The number of ketones is 1. The molecule has 4 nitrogen and oxygen atoms in total. The zero-order chi connectivity index (χ0) is 21.1. The Morgan fingerprint density at radius 3 is 2.58 bits per heavy atom. The van der Waals surface area contributed by atoms with Crippen LogP contribution in [-0.2, 0) is 12.8 Å². The van der Waals surface area contributed by atoms with Crippen LogP contribution < -0.4 is 4.74 Å². The van der Waals surface area contributed by atoms with Gasteiger partial charge in [-0.3, -0.25) is 14.2 Å². The van der Waals surface area contributed by atoms with E-state index in [1.54, 1.807) is 22.8 Å². The van der Waals surface area contributed by atoms with Crippen LogP contribution in [0.15, 0.2) is 72.8 Å². The average molecular weight is 428 g/mol. The molecule has 1 aliphatic heterocycles. The summed E-state index contributed by atoms with van der Waals surface area (Å²) in [4.78, 5) is 26.8. The fraction of sp³-hybridized carbons (Fsp3) is 0.154. The van der Waals surface area contributed by atoms with E-state index < -0.39 is 0 Å². The zero-order valence-electron chi connectivity index (χ0n) is 16.5. The topological polar surface area (TPSA) is 48.3 Å². The first-order valence-electron chi connectivity index (χ1n) is 10.3. The van der Waals surface area contributed by atoms with Crippen molar-refractivity contribution in [3.63, 3.8) is 0 Å². The second-order valence-electron chi connectivity index (χ2n) is 8.12. The highest BCUT2D eigenvalue weighted by molar-refractivity contribution is 6.31. The van der Waals surface area contributed by atoms with Gasteiger partial charge in [-0.15, -0.1) is 0 Å². The van der Waals surface area contributed by atoms with E-state index in [1.165, 1.54) is 0 Å². The molecule has 3 aromatic carbocycles. The Morgan fingerprint density at radius 1 is 0.968 bits per heavy atom. The van der Waals surface area contributed by atoms with Gasteiger partial charge in [0.1, 0.15) is 11.9 Å². The summed E-state index contributed by atoms with van der Waals surface area (Å²) < 4.78 is 8.06. The summed E-state index contributed by atoms with van der Waals surface area (Å²) in [5, 5.41) is 1.54. The van der Waals surface area contributed by atoms with E-state index >= 15 is 0 Å². The third kappa shape index (κ3) is 2.75. The molecule has 2 heterocycles. The molecule has 0 amide bonds. The Hall–Kier alpha value is -3.37. The van der Waals surface area contributed by atoms with Gasteiger partial charge >= 0.3 is 0 Å². The molecule has 0 fully saturated rings. The molecule has 1 aliphatic carbocycles. The number of aromatic nitrogens is 1. The number of benzene rings is 3. The van der Waals surface area contributed by atoms with Gasteiger partial charge in [-0.2, -0.15) is 0 Å². The van der Waals surface area contributed by atoms with Crippen molar-refractivity contribution in [3.05, 3.63) is 100 Å². The lowest BCUT2D eigenvalue weighted by atomic mass is 9.78. The number of rotatable bonds is 1. The lowest BCUT2D eigenvalue weighted by Gasteiger charge is -2.36. The summed E-state index contributed by atoms with van der Waals surface area (Å²) in [6.45, 7) is 0. The number of hydrogen-bond acceptors (Lipinski definition) is 3. The third-order valence-corrected chi connectivity index (χ3v) is 6.64. The predicted octanol–water partition coefficient (Wildman–Crippen LogP) is 5.34. The van der Waals surface area contributed by atoms with Crippen molar-refractivity contribution >= 4 is 34.2 Å². The highest BCUT2D eigenvalue weighted by Gasteiger charge is 2.43. The summed E-state index contributed by atoms with van der Waals surface area (Å²) in [6, 6.07) is 22.4. The first-order valence-corrected chi connectivity index (χ1v) is 10.7. The van der Waals surface area contributed by atoms with Gasteiger partial charge in [-0.05, 0) is 48.4 Å². The summed E-state index contributed by atoms with van der Waals surface area (Å²) in [5.41, 5.74) is 4.04. The van der Waals surface area contributed by atoms with E-state index in [0.29, 0.717) is 34.7 Å². The van der Waals surface area contributed by atoms with E-state index in [2.05, 4.69) is 0 Å². The molecule has 0 spiro atoms. The van der Waals surface area contributed by atoms with Crippen LogP contribution >= 0.6 is 11.6 Å². The Kier molecular flexibility index (Phi) is 4.05. The first kappa shape index (κ1) is 18.4. The van der Waals surface area contributed by atoms with Gasteiger partial charge in [0.15, 0.2) is 5.78 Å². The van der Waals surface area contributed by atoms with E-state index in [9.17, 15) is 9.59 Å². The van der Waals surface area contributed by atoms with E-state index in [-0.39, 0.29) is 23.7 Å². The normalized spacial score (nSPS) is 19.3. The molecule has 5 heteroatoms. The number of fused-ring (bicyclic) bond motifs is 5. The molecule has 2 aliphatic rings. The zero-order valence-corrected chi connectivity index (χ0v) is 17.3. The van der Waals surface area contributed by atoms with Gasteiger partial charge in [0.2, 0.25) is 0 Å². The maximum atomic E-state index is 13.5. The molecular weight excluding hydrogens is 410 g/mol. The van der Waals surface area contributed by atoms with Crippen molar-refractivity contribution in [2.24, 2.45) is 5.92 Å².